The van der Waals surface area contributed by atoms with Gasteiger partial charge in [-0.1, -0.05) is 65.8 Å². The second kappa shape index (κ2) is 9.77. The number of thiazole rings is 1. The van der Waals surface area contributed by atoms with E-state index in [1.165, 1.54) is 11.3 Å². The molecule has 2 amide bonds. The largest absolute Gasteiger partial charge is 0.347 e. The Balaban J connectivity index is 1.24. The van der Waals surface area contributed by atoms with Crippen molar-refractivity contribution in [2.45, 2.75) is 19.4 Å². The van der Waals surface area contributed by atoms with Gasteiger partial charge < -0.3 is 15.2 Å². The first-order chi connectivity index (χ1) is 15.2. The minimum Gasteiger partial charge on any atom is -0.347 e. The molecule has 0 aliphatic heterocycles. The quantitative estimate of drug-likeness (QED) is 0.441. The van der Waals surface area contributed by atoms with E-state index in [-0.39, 0.29) is 31.2 Å². The van der Waals surface area contributed by atoms with Crippen molar-refractivity contribution in [1.82, 2.24) is 20.4 Å². The maximum absolute atomic E-state index is 12.2. The van der Waals surface area contributed by atoms with E-state index < -0.39 is 0 Å². The van der Waals surface area contributed by atoms with Crippen molar-refractivity contribution in [2.24, 2.45) is 0 Å². The van der Waals surface area contributed by atoms with Gasteiger partial charge in [-0.3, -0.25) is 9.59 Å². The summed E-state index contributed by atoms with van der Waals surface area (Å²) in [6, 6.07) is 18.9. The van der Waals surface area contributed by atoms with Crippen LogP contribution in [0, 0.1) is 0 Å². The molecule has 0 saturated heterocycles. The van der Waals surface area contributed by atoms with Crippen LogP contribution in [0.25, 0.3) is 11.4 Å². The highest BCUT2D eigenvalue weighted by Gasteiger charge is 2.12. The molecule has 0 spiro atoms. The van der Waals surface area contributed by atoms with Crippen LogP contribution in [0.15, 0.2) is 70.6 Å². The summed E-state index contributed by atoms with van der Waals surface area (Å²) >= 11 is 1.28. The molecule has 0 unspecified atom stereocenters. The van der Waals surface area contributed by atoms with Gasteiger partial charge >= 0.3 is 0 Å². The zero-order chi connectivity index (χ0) is 21.5. The standard InChI is InChI=1S/C22H19N5O3S/c28-18(23-13-20-26-21(27-30-20)16-9-5-2-6-10-16)12-17-14-31-22(24-17)25-19(29)11-15-7-3-1-4-8-15/h1-10,14H,11-13H2,(H,23,28)(H,24,25,29). The minimum absolute atomic E-state index is 0.0880. The van der Waals surface area contributed by atoms with Gasteiger partial charge in [-0.25, -0.2) is 4.98 Å². The first-order valence-corrected chi connectivity index (χ1v) is 10.5. The van der Waals surface area contributed by atoms with Gasteiger partial charge in [-0.15, -0.1) is 11.3 Å². The molecular formula is C22H19N5O3S. The van der Waals surface area contributed by atoms with Gasteiger partial charge in [0.05, 0.1) is 25.1 Å². The van der Waals surface area contributed by atoms with Crippen molar-refractivity contribution >= 4 is 28.3 Å². The van der Waals surface area contributed by atoms with Crippen molar-refractivity contribution < 1.29 is 14.1 Å². The lowest BCUT2D eigenvalue weighted by Gasteiger charge is -2.02. The minimum atomic E-state index is -0.230. The Bertz CT molecular complexity index is 1160. The predicted molar refractivity (Wildman–Crippen MR) is 116 cm³/mol. The van der Waals surface area contributed by atoms with E-state index in [1.807, 2.05) is 60.7 Å². The molecule has 4 rings (SSSR count). The fraction of sp³-hybridized carbons (Fsp3) is 0.136. The number of benzene rings is 2. The molecule has 4 aromatic rings. The lowest BCUT2D eigenvalue weighted by atomic mass is 10.1. The Kier molecular flexibility index (Phi) is 6.44. The van der Waals surface area contributed by atoms with Gasteiger partial charge in [-0.2, -0.15) is 4.98 Å². The van der Waals surface area contributed by atoms with Crippen LogP contribution in [0.2, 0.25) is 0 Å². The Hall–Kier alpha value is -3.85. The smallest absolute Gasteiger partial charge is 0.246 e. The summed E-state index contributed by atoms with van der Waals surface area (Å²) in [4.78, 5) is 32.9. The highest BCUT2D eigenvalue weighted by Crippen LogP contribution is 2.17. The Morgan fingerprint density at radius 2 is 1.65 bits per heavy atom. The maximum Gasteiger partial charge on any atom is 0.246 e. The molecule has 0 fully saturated rings. The fourth-order valence-electron chi connectivity index (χ4n) is 2.82. The molecule has 31 heavy (non-hydrogen) atoms. The molecule has 8 nitrogen and oxygen atoms in total. The average molecular weight is 433 g/mol. The van der Waals surface area contributed by atoms with E-state index in [1.54, 1.807) is 5.38 Å². The molecule has 0 saturated carbocycles. The van der Waals surface area contributed by atoms with E-state index in [0.717, 1.165) is 11.1 Å². The predicted octanol–water partition coefficient (Wildman–Crippen LogP) is 3.23. The van der Waals surface area contributed by atoms with Crippen LogP contribution in [0.3, 0.4) is 0 Å². The summed E-state index contributed by atoms with van der Waals surface area (Å²) in [5, 5.41) is 11.6. The molecule has 156 valence electrons. The molecule has 0 atom stereocenters. The summed E-state index contributed by atoms with van der Waals surface area (Å²) in [5.74, 6) is 0.411. The number of amides is 2. The normalized spacial score (nSPS) is 10.6. The molecule has 2 aromatic heterocycles. The van der Waals surface area contributed by atoms with E-state index in [9.17, 15) is 9.59 Å². The maximum atomic E-state index is 12.2. The van der Waals surface area contributed by atoms with Crippen molar-refractivity contribution in [1.29, 1.82) is 0 Å². The van der Waals surface area contributed by atoms with Crippen LogP contribution in [0.1, 0.15) is 17.1 Å². The van der Waals surface area contributed by atoms with E-state index in [2.05, 4.69) is 25.8 Å². The third kappa shape index (κ3) is 5.83. The number of aromatic nitrogens is 3. The van der Waals surface area contributed by atoms with E-state index >= 15 is 0 Å². The zero-order valence-electron chi connectivity index (χ0n) is 16.4. The van der Waals surface area contributed by atoms with Crippen LogP contribution < -0.4 is 10.6 Å². The third-order valence-corrected chi connectivity index (χ3v) is 5.09. The van der Waals surface area contributed by atoms with Crippen LogP contribution in [0.5, 0.6) is 0 Å². The second-order valence-electron chi connectivity index (χ2n) is 6.69. The van der Waals surface area contributed by atoms with Gasteiger partial charge in [0, 0.05) is 10.9 Å². The third-order valence-electron chi connectivity index (χ3n) is 4.28. The average Bonchev–Trinajstić information content (AvgIpc) is 3.43. The van der Waals surface area contributed by atoms with Crippen LogP contribution >= 0.6 is 11.3 Å². The van der Waals surface area contributed by atoms with Crippen LogP contribution in [-0.2, 0) is 29.0 Å². The topological polar surface area (TPSA) is 110 Å². The molecule has 0 bridgehead atoms. The first-order valence-electron chi connectivity index (χ1n) is 9.58. The number of hydrogen-bond donors (Lipinski definition) is 2. The molecule has 2 aromatic carbocycles. The highest BCUT2D eigenvalue weighted by atomic mass is 32.1. The number of carbonyl (C=O) groups excluding carboxylic acids is 2. The number of rotatable bonds is 8. The molecule has 2 N–H and O–H groups in total. The second-order valence-corrected chi connectivity index (χ2v) is 7.54. The number of nitrogens with one attached hydrogen (secondary N) is 2. The zero-order valence-corrected chi connectivity index (χ0v) is 17.3. The monoisotopic (exact) mass is 433 g/mol. The molecule has 0 aliphatic rings. The summed E-state index contributed by atoms with van der Waals surface area (Å²) in [5.41, 5.74) is 2.34. The van der Waals surface area contributed by atoms with Gasteiger partial charge in [-0.05, 0) is 5.56 Å². The molecule has 2 heterocycles. The van der Waals surface area contributed by atoms with Gasteiger partial charge in [0.1, 0.15) is 0 Å². The lowest BCUT2D eigenvalue weighted by Crippen LogP contribution is -2.24. The van der Waals surface area contributed by atoms with Crippen LogP contribution in [0.4, 0.5) is 5.13 Å². The van der Waals surface area contributed by atoms with Crippen molar-refractivity contribution in [2.75, 3.05) is 5.32 Å². The van der Waals surface area contributed by atoms with Gasteiger partial charge in [0.25, 0.3) is 0 Å². The van der Waals surface area contributed by atoms with E-state index in [4.69, 9.17) is 4.52 Å². The van der Waals surface area contributed by atoms with Crippen molar-refractivity contribution in [3.05, 3.63) is 83.2 Å². The SMILES string of the molecule is O=C(Cc1csc(NC(=O)Cc2ccccc2)n1)NCc1nc(-c2ccccc2)no1. The first kappa shape index (κ1) is 20.4. The summed E-state index contributed by atoms with van der Waals surface area (Å²) in [6.07, 6.45) is 0.357. The van der Waals surface area contributed by atoms with E-state index in [0.29, 0.717) is 22.5 Å². The Morgan fingerprint density at radius 3 is 2.42 bits per heavy atom. The Labute approximate surface area is 182 Å². The highest BCUT2D eigenvalue weighted by molar-refractivity contribution is 7.13. The summed E-state index contributed by atoms with van der Waals surface area (Å²) in [6.45, 7) is 0.128. The lowest BCUT2D eigenvalue weighted by molar-refractivity contribution is -0.120. The van der Waals surface area contributed by atoms with Crippen molar-refractivity contribution in [3.63, 3.8) is 0 Å². The number of anilines is 1. The fourth-order valence-corrected chi connectivity index (χ4v) is 3.55. The molecule has 0 aliphatic carbocycles. The summed E-state index contributed by atoms with van der Waals surface area (Å²) < 4.78 is 5.18. The summed E-state index contributed by atoms with van der Waals surface area (Å²) in [7, 11) is 0. The number of carbonyl (C=O) groups is 2. The number of hydrogen-bond acceptors (Lipinski definition) is 7. The van der Waals surface area contributed by atoms with Crippen molar-refractivity contribution in [3.8, 4) is 11.4 Å². The molecule has 9 heteroatoms. The van der Waals surface area contributed by atoms with Gasteiger partial charge in [0.2, 0.25) is 23.5 Å². The Morgan fingerprint density at radius 1 is 0.903 bits per heavy atom. The van der Waals surface area contributed by atoms with Crippen LogP contribution in [-0.4, -0.2) is 26.9 Å². The molecular weight excluding hydrogens is 414 g/mol. The number of nitrogens with zero attached hydrogens (tertiary/aromatic N) is 3. The molecule has 0 radical (unpaired) electrons. The van der Waals surface area contributed by atoms with Gasteiger partial charge in [0.15, 0.2) is 5.13 Å².